The molecule has 0 saturated heterocycles. The second-order valence-electron chi connectivity index (χ2n) is 3.96. The van der Waals surface area contributed by atoms with Gasteiger partial charge in [-0.05, 0) is 30.5 Å². The van der Waals surface area contributed by atoms with Gasteiger partial charge in [0.15, 0.2) is 6.61 Å². The molecule has 2 N–H and O–H groups in total. The van der Waals surface area contributed by atoms with Gasteiger partial charge in [-0.25, -0.2) is 4.79 Å². The van der Waals surface area contributed by atoms with Crippen molar-refractivity contribution < 1.29 is 14.3 Å². The second-order valence-corrected chi connectivity index (χ2v) is 4.94. The van der Waals surface area contributed by atoms with Gasteiger partial charge >= 0.3 is 5.97 Å². The van der Waals surface area contributed by atoms with Gasteiger partial charge in [-0.2, -0.15) is 0 Å². The number of thiophene rings is 1. The molecule has 1 atom stereocenters. The van der Waals surface area contributed by atoms with Crippen LogP contribution < -0.4 is 5.32 Å². The maximum Gasteiger partial charge on any atom is 0.355 e. The van der Waals surface area contributed by atoms with E-state index >= 15 is 0 Å². The summed E-state index contributed by atoms with van der Waals surface area (Å²) in [5.74, 6) is -0.857. The molecular formula is C13H14N2O3S. The van der Waals surface area contributed by atoms with Crippen LogP contribution in [0.3, 0.4) is 0 Å². The van der Waals surface area contributed by atoms with Gasteiger partial charge in [-0.3, -0.25) is 4.79 Å². The van der Waals surface area contributed by atoms with Crippen LogP contribution in [0.5, 0.6) is 0 Å². The maximum atomic E-state index is 11.6. The van der Waals surface area contributed by atoms with Gasteiger partial charge in [0.2, 0.25) is 0 Å². The van der Waals surface area contributed by atoms with E-state index in [-0.39, 0.29) is 18.6 Å². The normalized spacial score (nSPS) is 11.8. The van der Waals surface area contributed by atoms with Crippen molar-refractivity contribution in [3.8, 4) is 0 Å². The monoisotopic (exact) mass is 278 g/mol. The molecule has 0 bridgehead atoms. The molecule has 0 aliphatic rings. The van der Waals surface area contributed by atoms with E-state index in [4.69, 9.17) is 4.74 Å². The summed E-state index contributed by atoms with van der Waals surface area (Å²) in [6.07, 6.45) is 1.62. The summed E-state index contributed by atoms with van der Waals surface area (Å²) in [6.45, 7) is 1.60. The lowest BCUT2D eigenvalue weighted by molar-refractivity contribution is -0.124. The molecule has 5 nitrogen and oxygen atoms in total. The maximum absolute atomic E-state index is 11.6. The number of ether oxygens (including phenoxy) is 1. The van der Waals surface area contributed by atoms with Crippen molar-refractivity contribution in [1.29, 1.82) is 0 Å². The average molecular weight is 278 g/mol. The number of amides is 1. The predicted molar refractivity (Wildman–Crippen MR) is 72.0 cm³/mol. The predicted octanol–water partition coefficient (Wildman–Crippen LogP) is 2.11. The van der Waals surface area contributed by atoms with Crippen LogP contribution in [-0.2, 0) is 9.53 Å². The highest BCUT2D eigenvalue weighted by molar-refractivity contribution is 7.10. The Morgan fingerprint density at radius 3 is 2.89 bits per heavy atom. The molecule has 0 unspecified atom stereocenters. The fourth-order valence-corrected chi connectivity index (χ4v) is 2.29. The Balaban J connectivity index is 1.77. The Bertz CT molecular complexity index is 534. The lowest BCUT2D eigenvalue weighted by Gasteiger charge is -2.12. The van der Waals surface area contributed by atoms with E-state index in [1.807, 2.05) is 24.4 Å². The molecule has 2 rings (SSSR count). The minimum Gasteiger partial charge on any atom is -0.451 e. The topological polar surface area (TPSA) is 71.2 Å². The number of nitrogens with one attached hydrogen (secondary N) is 2. The number of hydrogen-bond acceptors (Lipinski definition) is 4. The zero-order chi connectivity index (χ0) is 13.7. The van der Waals surface area contributed by atoms with Crippen LogP contribution in [0.4, 0.5) is 0 Å². The summed E-state index contributed by atoms with van der Waals surface area (Å²) in [6, 6.07) is 7.06. The molecule has 0 fully saturated rings. The van der Waals surface area contributed by atoms with Gasteiger partial charge in [-0.15, -0.1) is 11.3 Å². The lowest BCUT2D eigenvalue weighted by Crippen LogP contribution is -2.30. The van der Waals surface area contributed by atoms with E-state index < -0.39 is 5.97 Å². The first-order valence-corrected chi connectivity index (χ1v) is 6.68. The summed E-state index contributed by atoms with van der Waals surface area (Å²) in [5.41, 5.74) is 0.333. The highest BCUT2D eigenvalue weighted by Crippen LogP contribution is 2.17. The van der Waals surface area contributed by atoms with Crippen LogP contribution in [-0.4, -0.2) is 23.5 Å². The number of aromatic amines is 1. The Morgan fingerprint density at radius 1 is 1.42 bits per heavy atom. The third kappa shape index (κ3) is 3.69. The summed E-state index contributed by atoms with van der Waals surface area (Å²) in [7, 11) is 0. The van der Waals surface area contributed by atoms with Crippen molar-refractivity contribution in [2.24, 2.45) is 0 Å². The summed E-state index contributed by atoms with van der Waals surface area (Å²) in [4.78, 5) is 26.9. The van der Waals surface area contributed by atoms with E-state index in [1.54, 1.807) is 29.7 Å². The first-order valence-electron chi connectivity index (χ1n) is 5.80. The molecule has 2 aromatic heterocycles. The molecule has 0 spiro atoms. The van der Waals surface area contributed by atoms with Gasteiger partial charge < -0.3 is 15.0 Å². The average Bonchev–Trinajstić information content (AvgIpc) is 3.07. The molecule has 0 aliphatic heterocycles. The smallest absolute Gasteiger partial charge is 0.355 e. The summed E-state index contributed by atoms with van der Waals surface area (Å²) in [5, 5.41) is 4.71. The fraction of sp³-hybridized carbons (Fsp3) is 0.231. The molecule has 0 aromatic carbocycles. The third-order valence-electron chi connectivity index (χ3n) is 2.50. The quantitative estimate of drug-likeness (QED) is 0.823. The van der Waals surface area contributed by atoms with Crippen molar-refractivity contribution in [3.05, 3.63) is 46.4 Å². The molecule has 2 aromatic rings. The van der Waals surface area contributed by atoms with Gasteiger partial charge in [0.05, 0.1) is 6.04 Å². The molecular weight excluding hydrogens is 264 g/mol. The number of H-pyrrole nitrogens is 1. The first kappa shape index (κ1) is 13.4. The van der Waals surface area contributed by atoms with Crippen LogP contribution in [0.1, 0.15) is 28.3 Å². The van der Waals surface area contributed by atoms with Crippen molar-refractivity contribution in [1.82, 2.24) is 10.3 Å². The van der Waals surface area contributed by atoms with Crippen LogP contribution in [0.15, 0.2) is 35.8 Å². The van der Waals surface area contributed by atoms with Crippen molar-refractivity contribution in [3.63, 3.8) is 0 Å². The van der Waals surface area contributed by atoms with Crippen LogP contribution >= 0.6 is 11.3 Å². The number of carbonyl (C=O) groups excluding carboxylic acids is 2. The van der Waals surface area contributed by atoms with Crippen LogP contribution in [0.25, 0.3) is 0 Å². The molecule has 6 heteroatoms. The largest absolute Gasteiger partial charge is 0.451 e. The summed E-state index contributed by atoms with van der Waals surface area (Å²) < 4.78 is 4.89. The van der Waals surface area contributed by atoms with Crippen LogP contribution in [0.2, 0.25) is 0 Å². The Morgan fingerprint density at radius 2 is 2.26 bits per heavy atom. The molecule has 2 heterocycles. The highest BCUT2D eigenvalue weighted by atomic mass is 32.1. The number of aromatic nitrogens is 1. The number of esters is 1. The molecule has 0 aliphatic carbocycles. The van der Waals surface area contributed by atoms with E-state index in [2.05, 4.69) is 10.3 Å². The molecule has 0 saturated carbocycles. The van der Waals surface area contributed by atoms with Crippen LogP contribution in [0, 0.1) is 0 Å². The standard InChI is InChI=1S/C13H14N2O3S/c1-9(11-5-3-7-19-11)15-12(16)8-18-13(17)10-4-2-6-14-10/h2-7,9,14H,8H2,1H3,(H,15,16)/t9-/m1/s1. The first-order chi connectivity index (χ1) is 9.16. The van der Waals surface area contributed by atoms with E-state index in [9.17, 15) is 9.59 Å². The zero-order valence-electron chi connectivity index (χ0n) is 10.4. The number of hydrogen-bond donors (Lipinski definition) is 2. The summed E-state index contributed by atoms with van der Waals surface area (Å²) >= 11 is 1.57. The molecule has 1 amide bonds. The fourth-order valence-electron chi connectivity index (χ4n) is 1.56. The Kier molecular flexibility index (Phi) is 4.35. The molecule has 100 valence electrons. The molecule has 0 radical (unpaired) electrons. The third-order valence-corrected chi connectivity index (χ3v) is 3.55. The minimum atomic E-state index is -0.538. The van der Waals surface area contributed by atoms with Gasteiger partial charge in [0.25, 0.3) is 5.91 Å². The zero-order valence-corrected chi connectivity index (χ0v) is 11.2. The highest BCUT2D eigenvalue weighted by Gasteiger charge is 2.13. The van der Waals surface area contributed by atoms with E-state index in [1.165, 1.54) is 0 Å². The Labute approximate surface area is 114 Å². The van der Waals surface area contributed by atoms with E-state index in [0.717, 1.165) is 4.88 Å². The van der Waals surface area contributed by atoms with Gasteiger partial charge in [-0.1, -0.05) is 6.07 Å². The molecule has 19 heavy (non-hydrogen) atoms. The SMILES string of the molecule is C[C@@H](NC(=O)COC(=O)c1ccc[nH]1)c1cccs1. The van der Waals surface area contributed by atoms with Crippen molar-refractivity contribution in [2.45, 2.75) is 13.0 Å². The van der Waals surface area contributed by atoms with Gasteiger partial charge in [0, 0.05) is 11.1 Å². The van der Waals surface area contributed by atoms with E-state index in [0.29, 0.717) is 5.69 Å². The van der Waals surface area contributed by atoms with Crippen molar-refractivity contribution in [2.75, 3.05) is 6.61 Å². The number of rotatable bonds is 5. The second kappa shape index (κ2) is 6.19. The Hall–Kier alpha value is -2.08. The number of carbonyl (C=O) groups is 2. The van der Waals surface area contributed by atoms with Gasteiger partial charge in [0.1, 0.15) is 5.69 Å². The minimum absolute atomic E-state index is 0.0864. The van der Waals surface area contributed by atoms with Crippen molar-refractivity contribution >= 4 is 23.2 Å². The lowest BCUT2D eigenvalue weighted by atomic mass is 10.3.